The molecule has 3 nitrogen and oxygen atoms in total. The van der Waals surface area contributed by atoms with Crippen LogP contribution in [0.25, 0.3) is 0 Å². The summed E-state index contributed by atoms with van der Waals surface area (Å²) in [5.41, 5.74) is 0.228. The minimum Gasteiger partial charge on any atom is -0.389 e. The van der Waals surface area contributed by atoms with Crippen molar-refractivity contribution >= 4 is 21.6 Å². The van der Waals surface area contributed by atoms with Crippen LogP contribution in [0.4, 0.5) is 4.39 Å². The Bertz CT molecular complexity index is 483. The van der Waals surface area contributed by atoms with Crippen LogP contribution in [-0.2, 0) is 9.84 Å². The van der Waals surface area contributed by atoms with Crippen LogP contribution in [0, 0.1) is 5.82 Å². The van der Waals surface area contributed by atoms with Gasteiger partial charge >= 0.3 is 0 Å². The van der Waals surface area contributed by atoms with Crippen LogP contribution in [0.3, 0.4) is 0 Å². The van der Waals surface area contributed by atoms with Gasteiger partial charge in [-0.25, -0.2) is 12.8 Å². The third kappa shape index (κ3) is 4.65. The van der Waals surface area contributed by atoms with Crippen molar-refractivity contribution in [2.75, 3.05) is 17.8 Å². The molecule has 1 atom stereocenters. The van der Waals surface area contributed by atoms with Gasteiger partial charge in [-0.3, -0.25) is 0 Å². The molecule has 1 aromatic rings. The van der Waals surface area contributed by atoms with Crippen LogP contribution in [-0.4, -0.2) is 31.3 Å². The summed E-state index contributed by atoms with van der Waals surface area (Å²) < 4.78 is 35.4. The van der Waals surface area contributed by atoms with Crippen molar-refractivity contribution in [1.29, 1.82) is 0 Å². The number of aliphatic hydroxyl groups excluding tert-OH is 1. The number of hydrogen-bond donors (Lipinski definition) is 1. The predicted octanol–water partition coefficient (Wildman–Crippen LogP) is 2.02. The second-order valence-corrected chi connectivity index (χ2v) is 7.20. The lowest BCUT2D eigenvalue weighted by Crippen LogP contribution is -2.06. The molecule has 0 aliphatic carbocycles. The van der Waals surface area contributed by atoms with Crippen molar-refractivity contribution in [1.82, 2.24) is 0 Å². The number of sulfone groups is 1. The van der Waals surface area contributed by atoms with Crippen molar-refractivity contribution in [3.63, 3.8) is 0 Å². The Morgan fingerprint density at radius 2 is 2.12 bits per heavy atom. The van der Waals surface area contributed by atoms with Crippen molar-refractivity contribution in [2.24, 2.45) is 0 Å². The number of benzene rings is 1. The van der Waals surface area contributed by atoms with Crippen molar-refractivity contribution in [2.45, 2.75) is 17.9 Å². The molecule has 0 spiro atoms. The number of aliphatic hydroxyl groups is 1. The summed E-state index contributed by atoms with van der Waals surface area (Å²) in [6.07, 6.45) is 0.256. The molecular formula is C11H15FO3S2. The predicted molar refractivity (Wildman–Crippen MR) is 67.5 cm³/mol. The normalized spacial score (nSPS) is 13.6. The highest BCUT2D eigenvalue weighted by atomic mass is 32.2. The second-order valence-electron chi connectivity index (χ2n) is 3.81. The fraction of sp³-hybridized carbons (Fsp3) is 0.455. The maximum atomic E-state index is 13.5. The molecule has 0 bridgehead atoms. The molecule has 0 saturated heterocycles. The summed E-state index contributed by atoms with van der Waals surface area (Å²) in [4.78, 5) is 0.587. The topological polar surface area (TPSA) is 54.4 Å². The molecule has 0 heterocycles. The number of hydrogen-bond acceptors (Lipinski definition) is 4. The highest BCUT2D eigenvalue weighted by Crippen LogP contribution is 2.29. The molecule has 0 aliphatic rings. The van der Waals surface area contributed by atoms with Crippen molar-refractivity contribution in [3.05, 3.63) is 29.6 Å². The van der Waals surface area contributed by atoms with Gasteiger partial charge < -0.3 is 5.11 Å². The largest absolute Gasteiger partial charge is 0.389 e. The van der Waals surface area contributed by atoms with Crippen molar-refractivity contribution in [3.8, 4) is 0 Å². The van der Waals surface area contributed by atoms with Gasteiger partial charge in [-0.1, -0.05) is 6.07 Å². The number of rotatable bonds is 5. The van der Waals surface area contributed by atoms with E-state index in [9.17, 15) is 17.9 Å². The average Bonchev–Trinajstić information content (AvgIpc) is 2.14. The molecule has 0 amide bonds. The summed E-state index contributed by atoms with van der Waals surface area (Å²) in [7, 11) is -3.01. The van der Waals surface area contributed by atoms with E-state index in [1.54, 1.807) is 12.1 Å². The van der Waals surface area contributed by atoms with Crippen LogP contribution in [0.1, 0.15) is 18.6 Å². The Kier molecular flexibility index (Phi) is 4.97. The van der Waals surface area contributed by atoms with E-state index < -0.39 is 21.8 Å². The molecular weight excluding hydrogens is 263 g/mol. The third-order valence-electron chi connectivity index (χ3n) is 2.14. The van der Waals surface area contributed by atoms with Gasteiger partial charge in [-0.15, -0.1) is 11.8 Å². The molecule has 0 aliphatic heterocycles. The molecule has 96 valence electrons. The minimum atomic E-state index is -3.01. The smallest absolute Gasteiger partial charge is 0.148 e. The third-order valence-corrected chi connectivity index (χ3v) is 4.42. The summed E-state index contributed by atoms with van der Waals surface area (Å²) in [6, 6.07) is 4.50. The minimum absolute atomic E-state index is 0.0351. The van der Waals surface area contributed by atoms with Crippen LogP contribution in [0.15, 0.2) is 23.1 Å². The lowest BCUT2D eigenvalue weighted by atomic mass is 10.1. The van der Waals surface area contributed by atoms with E-state index in [2.05, 4.69) is 0 Å². The second kappa shape index (κ2) is 5.84. The van der Waals surface area contributed by atoms with Crippen LogP contribution in [0.5, 0.6) is 0 Å². The number of thioether (sulfide) groups is 1. The Hall–Kier alpha value is -0.590. The molecule has 0 fully saturated rings. The Labute approximate surface area is 105 Å². The summed E-state index contributed by atoms with van der Waals surface area (Å²) in [6.45, 7) is 1.49. The molecule has 0 aromatic heterocycles. The standard InChI is InChI=1S/C11H15FO3S2/c1-8(13)11-9(12)4-3-5-10(11)16-6-7-17(2,14)15/h3-5,8,13H,6-7H2,1-2H3/t8-/m1/s1. The first-order valence-corrected chi connectivity index (χ1v) is 8.13. The highest BCUT2D eigenvalue weighted by molar-refractivity contribution is 8.00. The Morgan fingerprint density at radius 1 is 1.47 bits per heavy atom. The number of halogens is 1. The first-order valence-electron chi connectivity index (χ1n) is 5.08. The fourth-order valence-corrected chi connectivity index (χ4v) is 3.71. The monoisotopic (exact) mass is 278 g/mol. The Morgan fingerprint density at radius 3 is 2.65 bits per heavy atom. The van der Waals surface area contributed by atoms with Gasteiger partial charge in [0.15, 0.2) is 0 Å². The van der Waals surface area contributed by atoms with Gasteiger partial charge in [0, 0.05) is 22.5 Å². The molecule has 1 rings (SSSR count). The van der Waals surface area contributed by atoms with Gasteiger partial charge in [0.2, 0.25) is 0 Å². The highest BCUT2D eigenvalue weighted by Gasteiger charge is 2.14. The van der Waals surface area contributed by atoms with E-state index in [1.165, 1.54) is 24.8 Å². The Balaban J connectivity index is 2.81. The SMILES string of the molecule is C[C@@H](O)c1c(F)cccc1SCCS(C)(=O)=O. The molecule has 0 radical (unpaired) electrons. The van der Waals surface area contributed by atoms with E-state index in [0.717, 1.165) is 6.26 Å². The molecule has 1 N–H and O–H groups in total. The van der Waals surface area contributed by atoms with Gasteiger partial charge in [0.1, 0.15) is 15.7 Å². The first-order chi connectivity index (χ1) is 7.81. The average molecular weight is 278 g/mol. The summed E-state index contributed by atoms with van der Waals surface area (Å²) in [5.74, 6) is -0.0838. The van der Waals surface area contributed by atoms with E-state index in [1.807, 2.05) is 0 Å². The van der Waals surface area contributed by atoms with E-state index in [0.29, 0.717) is 10.6 Å². The zero-order chi connectivity index (χ0) is 13.1. The fourth-order valence-electron chi connectivity index (χ4n) is 1.35. The quantitative estimate of drug-likeness (QED) is 0.837. The molecule has 0 saturated carbocycles. The van der Waals surface area contributed by atoms with Crippen LogP contribution in [0.2, 0.25) is 0 Å². The first kappa shape index (κ1) is 14.5. The van der Waals surface area contributed by atoms with Crippen LogP contribution < -0.4 is 0 Å². The van der Waals surface area contributed by atoms with E-state index >= 15 is 0 Å². The van der Waals surface area contributed by atoms with E-state index in [-0.39, 0.29) is 11.3 Å². The van der Waals surface area contributed by atoms with Gasteiger partial charge in [-0.2, -0.15) is 0 Å². The molecule has 0 unspecified atom stereocenters. The molecule has 6 heteroatoms. The zero-order valence-corrected chi connectivity index (χ0v) is 11.3. The van der Waals surface area contributed by atoms with Gasteiger partial charge in [0.05, 0.1) is 11.9 Å². The van der Waals surface area contributed by atoms with Crippen LogP contribution >= 0.6 is 11.8 Å². The van der Waals surface area contributed by atoms with Gasteiger partial charge in [-0.05, 0) is 19.1 Å². The van der Waals surface area contributed by atoms with Crippen molar-refractivity contribution < 1.29 is 17.9 Å². The lowest BCUT2D eigenvalue weighted by molar-refractivity contribution is 0.191. The molecule has 17 heavy (non-hydrogen) atoms. The maximum absolute atomic E-state index is 13.5. The summed E-state index contributed by atoms with van der Waals surface area (Å²) >= 11 is 1.24. The van der Waals surface area contributed by atoms with E-state index in [4.69, 9.17) is 0 Å². The van der Waals surface area contributed by atoms with Gasteiger partial charge in [0.25, 0.3) is 0 Å². The lowest BCUT2D eigenvalue weighted by Gasteiger charge is -2.12. The summed E-state index contributed by atoms with van der Waals surface area (Å²) in [5, 5.41) is 9.47. The maximum Gasteiger partial charge on any atom is 0.148 e. The molecule has 1 aromatic carbocycles. The zero-order valence-electron chi connectivity index (χ0n) is 9.68.